The van der Waals surface area contributed by atoms with Crippen LogP contribution in [0.5, 0.6) is 0 Å². The SMILES string of the molecule is Cl.O=C1COCC(C2CC2)N1. The minimum Gasteiger partial charge on any atom is -0.370 e. The summed E-state index contributed by atoms with van der Waals surface area (Å²) < 4.78 is 5.08. The second-order valence-corrected chi connectivity index (χ2v) is 3.03. The largest absolute Gasteiger partial charge is 0.370 e. The maximum absolute atomic E-state index is 10.8. The molecule has 0 aromatic heterocycles. The lowest BCUT2D eigenvalue weighted by Gasteiger charge is -2.22. The van der Waals surface area contributed by atoms with E-state index < -0.39 is 0 Å². The summed E-state index contributed by atoms with van der Waals surface area (Å²) in [4.78, 5) is 10.8. The number of hydrogen-bond acceptors (Lipinski definition) is 2. The van der Waals surface area contributed by atoms with Gasteiger partial charge in [-0.1, -0.05) is 0 Å². The number of carbonyl (C=O) groups is 1. The Kier molecular flexibility index (Phi) is 2.73. The van der Waals surface area contributed by atoms with Crippen molar-refractivity contribution in [1.82, 2.24) is 5.32 Å². The van der Waals surface area contributed by atoms with Crippen molar-refractivity contribution in [2.75, 3.05) is 13.2 Å². The van der Waals surface area contributed by atoms with Crippen molar-refractivity contribution in [2.45, 2.75) is 18.9 Å². The Morgan fingerprint density at radius 1 is 1.45 bits per heavy atom. The van der Waals surface area contributed by atoms with Gasteiger partial charge in [-0.3, -0.25) is 4.79 Å². The standard InChI is InChI=1S/C7H11NO2.ClH/c9-7-4-10-3-6(8-7)5-1-2-5;/h5-6H,1-4H2,(H,8,9);1H. The average Bonchev–Trinajstić information content (AvgIpc) is 2.68. The number of amides is 1. The summed E-state index contributed by atoms with van der Waals surface area (Å²) in [5.41, 5.74) is 0. The van der Waals surface area contributed by atoms with Crippen LogP contribution in [-0.2, 0) is 9.53 Å². The van der Waals surface area contributed by atoms with Crippen LogP contribution in [0.1, 0.15) is 12.8 Å². The Morgan fingerprint density at radius 2 is 2.18 bits per heavy atom. The monoisotopic (exact) mass is 177 g/mol. The minimum atomic E-state index is 0. The third-order valence-corrected chi connectivity index (χ3v) is 2.07. The summed E-state index contributed by atoms with van der Waals surface area (Å²) >= 11 is 0. The number of ether oxygens (including phenoxy) is 1. The summed E-state index contributed by atoms with van der Waals surface area (Å²) in [5.74, 6) is 0.757. The summed E-state index contributed by atoms with van der Waals surface area (Å²) in [5, 5.41) is 2.91. The lowest BCUT2D eigenvalue weighted by molar-refractivity contribution is -0.131. The molecular formula is C7H12ClNO2. The first kappa shape index (κ1) is 8.81. The van der Waals surface area contributed by atoms with E-state index in [1.807, 2.05) is 0 Å². The summed E-state index contributed by atoms with van der Waals surface area (Å²) in [6, 6.07) is 0.321. The first-order chi connectivity index (χ1) is 4.86. The molecule has 4 heteroatoms. The number of halogens is 1. The molecule has 0 radical (unpaired) electrons. The molecule has 0 spiro atoms. The molecule has 1 heterocycles. The van der Waals surface area contributed by atoms with Crippen molar-refractivity contribution in [3.05, 3.63) is 0 Å². The fourth-order valence-corrected chi connectivity index (χ4v) is 1.32. The zero-order valence-corrected chi connectivity index (χ0v) is 7.02. The molecule has 1 aliphatic carbocycles. The van der Waals surface area contributed by atoms with Gasteiger partial charge in [0.2, 0.25) is 5.91 Å². The first-order valence-corrected chi connectivity index (χ1v) is 3.73. The highest BCUT2D eigenvalue weighted by Crippen LogP contribution is 2.33. The lowest BCUT2D eigenvalue weighted by Crippen LogP contribution is -2.46. The van der Waals surface area contributed by atoms with Gasteiger partial charge in [-0.05, 0) is 18.8 Å². The molecule has 3 nitrogen and oxygen atoms in total. The van der Waals surface area contributed by atoms with Crippen molar-refractivity contribution >= 4 is 18.3 Å². The zero-order valence-electron chi connectivity index (χ0n) is 6.21. The molecule has 2 fully saturated rings. The predicted octanol–water partition coefficient (Wildman–Crippen LogP) is 0.333. The van der Waals surface area contributed by atoms with Gasteiger partial charge in [-0.2, -0.15) is 0 Å². The highest BCUT2D eigenvalue weighted by molar-refractivity contribution is 5.85. The van der Waals surface area contributed by atoms with Crippen LogP contribution in [0.3, 0.4) is 0 Å². The molecule has 1 N–H and O–H groups in total. The van der Waals surface area contributed by atoms with E-state index in [9.17, 15) is 4.79 Å². The van der Waals surface area contributed by atoms with Crippen LogP contribution >= 0.6 is 12.4 Å². The van der Waals surface area contributed by atoms with Gasteiger partial charge in [-0.15, -0.1) is 12.4 Å². The molecule has 1 unspecified atom stereocenters. The van der Waals surface area contributed by atoms with E-state index >= 15 is 0 Å². The van der Waals surface area contributed by atoms with Crippen LogP contribution in [0.25, 0.3) is 0 Å². The van der Waals surface area contributed by atoms with E-state index in [4.69, 9.17) is 4.74 Å². The van der Waals surface area contributed by atoms with Gasteiger partial charge in [0, 0.05) is 0 Å². The average molecular weight is 178 g/mol. The molecule has 0 aromatic carbocycles. The van der Waals surface area contributed by atoms with Crippen LogP contribution in [0.15, 0.2) is 0 Å². The molecule has 2 aliphatic rings. The van der Waals surface area contributed by atoms with Crippen LogP contribution < -0.4 is 5.32 Å². The van der Waals surface area contributed by atoms with Gasteiger partial charge in [0.15, 0.2) is 0 Å². The summed E-state index contributed by atoms with van der Waals surface area (Å²) in [7, 11) is 0. The Labute approximate surface area is 71.9 Å². The Hall–Kier alpha value is -0.280. The molecule has 1 aliphatic heterocycles. The number of nitrogens with one attached hydrogen (secondary N) is 1. The fourth-order valence-electron chi connectivity index (χ4n) is 1.32. The third-order valence-electron chi connectivity index (χ3n) is 2.07. The van der Waals surface area contributed by atoms with Gasteiger partial charge >= 0.3 is 0 Å². The number of rotatable bonds is 1. The molecule has 0 bridgehead atoms. The van der Waals surface area contributed by atoms with Crippen molar-refractivity contribution in [3.63, 3.8) is 0 Å². The zero-order chi connectivity index (χ0) is 6.97. The molecule has 1 amide bonds. The maximum atomic E-state index is 10.8. The van der Waals surface area contributed by atoms with Gasteiger partial charge in [0.05, 0.1) is 12.6 Å². The third kappa shape index (κ3) is 2.07. The van der Waals surface area contributed by atoms with Crippen molar-refractivity contribution in [2.24, 2.45) is 5.92 Å². The fraction of sp³-hybridized carbons (Fsp3) is 0.857. The molecule has 64 valence electrons. The van der Waals surface area contributed by atoms with Gasteiger partial charge in [-0.25, -0.2) is 0 Å². The van der Waals surface area contributed by atoms with E-state index in [1.165, 1.54) is 12.8 Å². The minimum absolute atomic E-state index is 0. The summed E-state index contributed by atoms with van der Waals surface area (Å²) in [6.07, 6.45) is 2.52. The van der Waals surface area contributed by atoms with Crippen LogP contribution in [0.4, 0.5) is 0 Å². The van der Waals surface area contributed by atoms with Crippen molar-refractivity contribution in [1.29, 1.82) is 0 Å². The number of morpholine rings is 1. The Bertz CT molecular complexity index is 159. The van der Waals surface area contributed by atoms with Gasteiger partial charge < -0.3 is 10.1 Å². The molecule has 11 heavy (non-hydrogen) atoms. The highest BCUT2D eigenvalue weighted by Gasteiger charge is 2.34. The quantitative estimate of drug-likeness (QED) is 0.627. The molecule has 0 aromatic rings. The Morgan fingerprint density at radius 3 is 2.73 bits per heavy atom. The van der Waals surface area contributed by atoms with E-state index in [-0.39, 0.29) is 24.9 Å². The smallest absolute Gasteiger partial charge is 0.246 e. The first-order valence-electron chi connectivity index (χ1n) is 3.73. The topological polar surface area (TPSA) is 38.3 Å². The number of carbonyl (C=O) groups excluding carboxylic acids is 1. The molecule has 1 saturated carbocycles. The van der Waals surface area contributed by atoms with Crippen LogP contribution in [0, 0.1) is 5.92 Å². The molecule has 1 saturated heterocycles. The van der Waals surface area contributed by atoms with Gasteiger partial charge in [0.25, 0.3) is 0 Å². The van der Waals surface area contributed by atoms with E-state index in [0.717, 1.165) is 6.61 Å². The van der Waals surface area contributed by atoms with Crippen molar-refractivity contribution in [3.8, 4) is 0 Å². The second-order valence-electron chi connectivity index (χ2n) is 3.03. The predicted molar refractivity (Wildman–Crippen MR) is 42.7 cm³/mol. The van der Waals surface area contributed by atoms with E-state index in [1.54, 1.807) is 0 Å². The molecule has 2 rings (SSSR count). The van der Waals surface area contributed by atoms with Gasteiger partial charge in [0.1, 0.15) is 6.61 Å². The maximum Gasteiger partial charge on any atom is 0.246 e. The van der Waals surface area contributed by atoms with Crippen LogP contribution in [0.2, 0.25) is 0 Å². The van der Waals surface area contributed by atoms with E-state index in [2.05, 4.69) is 5.32 Å². The summed E-state index contributed by atoms with van der Waals surface area (Å²) in [6.45, 7) is 0.972. The molecular weight excluding hydrogens is 166 g/mol. The number of hydrogen-bond donors (Lipinski definition) is 1. The normalized spacial score (nSPS) is 30.5. The Balaban J connectivity index is 0.000000605. The lowest BCUT2D eigenvalue weighted by atomic mass is 10.2. The van der Waals surface area contributed by atoms with Crippen molar-refractivity contribution < 1.29 is 9.53 Å². The van der Waals surface area contributed by atoms with E-state index in [0.29, 0.717) is 12.0 Å². The van der Waals surface area contributed by atoms with Crippen LogP contribution in [-0.4, -0.2) is 25.2 Å². The highest BCUT2D eigenvalue weighted by atomic mass is 35.5. The second kappa shape index (κ2) is 3.41. The molecule has 1 atom stereocenters.